The van der Waals surface area contributed by atoms with Gasteiger partial charge in [-0.15, -0.1) is 0 Å². The summed E-state index contributed by atoms with van der Waals surface area (Å²) in [6, 6.07) is 13.8. The molecule has 0 atom stereocenters. The molecule has 3 aromatic rings. The van der Waals surface area contributed by atoms with Crippen molar-refractivity contribution in [2.75, 3.05) is 26.2 Å². The summed E-state index contributed by atoms with van der Waals surface area (Å²) in [5.74, 6) is -0.0365. The molecule has 0 saturated carbocycles. The molecule has 0 bridgehead atoms. The number of piperidine rings is 1. The second-order valence-electron chi connectivity index (χ2n) is 9.25. The zero-order valence-electron chi connectivity index (χ0n) is 20.2. The van der Waals surface area contributed by atoms with Gasteiger partial charge in [0.25, 0.3) is 5.91 Å². The Bertz CT molecular complexity index is 1290. The van der Waals surface area contributed by atoms with Gasteiger partial charge in [0.1, 0.15) is 0 Å². The standard InChI is InChI=1S/C29H30N4O3/c34-17-14-32-29(36)24-5-6-25-23(19-24)4-3-22-2-1-11-31-28(22)27(25)21-9-15-33(16-10-21)26(35)18-20-7-12-30-13-8-20/h1-2,5-8,11-13,19,34H,3-4,9-10,14-18H2,(H,32,36). The van der Waals surface area contributed by atoms with Crippen molar-refractivity contribution in [3.8, 4) is 0 Å². The Morgan fingerprint density at radius 3 is 2.50 bits per heavy atom. The number of benzene rings is 1. The second kappa shape index (κ2) is 10.8. The molecular formula is C29H30N4O3. The van der Waals surface area contributed by atoms with Crippen molar-refractivity contribution < 1.29 is 14.7 Å². The Labute approximate surface area is 210 Å². The monoisotopic (exact) mass is 482 g/mol. The molecule has 7 heteroatoms. The van der Waals surface area contributed by atoms with Crippen LogP contribution < -0.4 is 5.32 Å². The maximum Gasteiger partial charge on any atom is 0.251 e. The number of hydrogen-bond donors (Lipinski definition) is 2. The maximum absolute atomic E-state index is 12.9. The number of rotatable bonds is 5. The van der Waals surface area contributed by atoms with Gasteiger partial charge in [0.2, 0.25) is 5.91 Å². The highest BCUT2D eigenvalue weighted by Crippen LogP contribution is 2.38. The summed E-state index contributed by atoms with van der Waals surface area (Å²) >= 11 is 0. The minimum atomic E-state index is -0.179. The number of aryl methyl sites for hydroxylation is 2. The molecule has 0 unspecified atom stereocenters. The average Bonchev–Trinajstić information content (AvgIpc) is 3.09. The minimum Gasteiger partial charge on any atom is -0.395 e. The van der Waals surface area contributed by atoms with E-state index in [1.54, 1.807) is 12.4 Å². The van der Waals surface area contributed by atoms with Crippen LogP contribution in [-0.2, 0) is 24.1 Å². The molecule has 36 heavy (non-hydrogen) atoms. The number of hydrogen-bond acceptors (Lipinski definition) is 5. The maximum atomic E-state index is 12.9. The van der Waals surface area contributed by atoms with Crippen LogP contribution in [0.4, 0.5) is 0 Å². The highest BCUT2D eigenvalue weighted by atomic mass is 16.3. The van der Waals surface area contributed by atoms with Gasteiger partial charge in [0.05, 0.1) is 18.7 Å². The fourth-order valence-electron chi connectivity index (χ4n) is 5.14. The largest absolute Gasteiger partial charge is 0.395 e. The summed E-state index contributed by atoms with van der Waals surface area (Å²) in [6.07, 6.45) is 8.94. The van der Waals surface area contributed by atoms with Gasteiger partial charge in [-0.2, -0.15) is 0 Å². The number of nitrogens with one attached hydrogen (secondary N) is 1. The van der Waals surface area contributed by atoms with Gasteiger partial charge in [0.15, 0.2) is 0 Å². The Morgan fingerprint density at radius 1 is 0.944 bits per heavy atom. The van der Waals surface area contributed by atoms with E-state index in [0.717, 1.165) is 53.6 Å². The van der Waals surface area contributed by atoms with E-state index in [9.17, 15) is 9.59 Å². The molecule has 2 aromatic heterocycles. The molecule has 7 nitrogen and oxygen atoms in total. The zero-order chi connectivity index (χ0) is 24.9. The number of aromatic nitrogens is 2. The van der Waals surface area contributed by atoms with Gasteiger partial charge in [-0.05, 0) is 78.3 Å². The van der Waals surface area contributed by atoms with Crippen LogP contribution in [0.5, 0.6) is 0 Å². The van der Waals surface area contributed by atoms with Gasteiger partial charge in [-0.25, -0.2) is 0 Å². The first kappa shape index (κ1) is 23.9. The van der Waals surface area contributed by atoms with E-state index in [0.29, 0.717) is 25.1 Å². The first-order chi connectivity index (χ1) is 17.6. The van der Waals surface area contributed by atoms with Gasteiger partial charge in [0, 0.05) is 49.4 Å². The summed E-state index contributed by atoms with van der Waals surface area (Å²) in [4.78, 5) is 36.2. The van der Waals surface area contributed by atoms with E-state index in [-0.39, 0.29) is 25.0 Å². The third-order valence-corrected chi connectivity index (χ3v) is 7.00. The molecule has 0 spiro atoms. The second-order valence-corrected chi connectivity index (χ2v) is 9.25. The van der Waals surface area contributed by atoms with Crippen LogP contribution in [0.15, 0.2) is 66.6 Å². The lowest BCUT2D eigenvalue weighted by molar-refractivity contribution is -0.130. The van der Waals surface area contributed by atoms with Crippen molar-refractivity contribution in [3.63, 3.8) is 0 Å². The number of nitrogens with zero attached hydrogens (tertiary/aromatic N) is 3. The van der Waals surface area contributed by atoms with Crippen LogP contribution >= 0.6 is 0 Å². The predicted octanol–water partition coefficient (Wildman–Crippen LogP) is 2.96. The first-order valence-electron chi connectivity index (χ1n) is 12.5. The quantitative estimate of drug-likeness (QED) is 0.583. The summed E-state index contributed by atoms with van der Waals surface area (Å²) in [5, 5.41) is 11.8. The smallest absolute Gasteiger partial charge is 0.251 e. The van der Waals surface area contributed by atoms with Crippen molar-refractivity contribution >= 4 is 17.4 Å². The first-order valence-corrected chi connectivity index (χ1v) is 12.5. The molecule has 2 aliphatic rings. The van der Waals surface area contributed by atoms with Crippen molar-refractivity contribution in [3.05, 3.63) is 100 Å². The SMILES string of the molecule is O=C(NCCO)c1ccc2c(c1)CCc1cccnc1C2=C1CCN(C(=O)Cc2ccncc2)CC1. The van der Waals surface area contributed by atoms with Gasteiger partial charge >= 0.3 is 0 Å². The number of carbonyl (C=O) groups excluding carboxylic acids is 2. The van der Waals surface area contributed by atoms with E-state index < -0.39 is 0 Å². The summed E-state index contributed by atoms with van der Waals surface area (Å²) in [5.41, 5.74) is 8.51. The van der Waals surface area contributed by atoms with Crippen molar-refractivity contribution in [1.82, 2.24) is 20.2 Å². The van der Waals surface area contributed by atoms with Crippen LogP contribution in [0, 0.1) is 0 Å². The molecule has 5 rings (SSSR count). The van der Waals surface area contributed by atoms with Gasteiger partial charge in [-0.1, -0.05) is 17.7 Å². The molecule has 1 saturated heterocycles. The third-order valence-electron chi connectivity index (χ3n) is 7.00. The topological polar surface area (TPSA) is 95.4 Å². The Balaban J connectivity index is 1.43. The number of pyridine rings is 2. The lowest BCUT2D eigenvalue weighted by Gasteiger charge is -2.30. The van der Waals surface area contributed by atoms with Crippen molar-refractivity contribution in [2.24, 2.45) is 0 Å². The fraction of sp³-hybridized carbons (Fsp3) is 0.310. The molecule has 3 heterocycles. The predicted molar refractivity (Wildman–Crippen MR) is 137 cm³/mol. The van der Waals surface area contributed by atoms with Crippen LogP contribution in [-0.4, -0.2) is 58.0 Å². The summed E-state index contributed by atoms with van der Waals surface area (Å²) in [6.45, 7) is 1.51. The number of fused-ring (bicyclic) bond motifs is 2. The van der Waals surface area contributed by atoms with E-state index in [4.69, 9.17) is 10.1 Å². The van der Waals surface area contributed by atoms with Crippen LogP contribution in [0.2, 0.25) is 0 Å². The average molecular weight is 483 g/mol. The number of amides is 2. The lowest BCUT2D eigenvalue weighted by Crippen LogP contribution is -2.37. The summed E-state index contributed by atoms with van der Waals surface area (Å²) < 4.78 is 0. The molecule has 1 fully saturated rings. The van der Waals surface area contributed by atoms with E-state index in [1.165, 1.54) is 11.1 Å². The number of aliphatic hydroxyl groups is 1. The molecule has 1 aliphatic heterocycles. The Morgan fingerprint density at radius 2 is 1.72 bits per heavy atom. The number of carbonyl (C=O) groups is 2. The molecule has 1 aromatic carbocycles. The van der Waals surface area contributed by atoms with Crippen LogP contribution in [0.1, 0.15) is 51.1 Å². The van der Waals surface area contributed by atoms with E-state index >= 15 is 0 Å². The summed E-state index contributed by atoms with van der Waals surface area (Å²) in [7, 11) is 0. The van der Waals surface area contributed by atoms with E-state index in [1.807, 2.05) is 47.5 Å². The van der Waals surface area contributed by atoms with Gasteiger partial charge < -0.3 is 15.3 Å². The fourth-order valence-corrected chi connectivity index (χ4v) is 5.14. The highest BCUT2D eigenvalue weighted by molar-refractivity contribution is 5.95. The Hall–Kier alpha value is -3.84. The molecule has 1 aliphatic carbocycles. The van der Waals surface area contributed by atoms with Gasteiger partial charge in [-0.3, -0.25) is 19.6 Å². The Kier molecular flexibility index (Phi) is 7.18. The molecule has 2 amide bonds. The van der Waals surface area contributed by atoms with Crippen molar-refractivity contribution in [2.45, 2.75) is 32.1 Å². The van der Waals surface area contributed by atoms with Crippen molar-refractivity contribution in [1.29, 1.82) is 0 Å². The molecular weight excluding hydrogens is 452 g/mol. The lowest BCUT2D eigenvalue weighted by atomic mass is 9.88. The molecule has 184 valence electrons. The normalized spacial score (nSPS) is 15.1. The molecule has 2 N–H and O–H groups in total. The third kappa shape index (κ3) is 5.06. The number of aliphatic hydroxyl groups excluding tert-OH is 1. The minimum absolute atomic E-state index is 0.0873. The highest BCUT2D eigenvalue weighted by Gasteiger charge is 2.27. The van der Waals surface area contributed by atoms with Crippen LogP contribution in [0.25, 0.3) is 5.57 Å². The molecule has 0 radical (unpaired) electrons. The van der Waals surface area contributed by atoms with E-state index in [2.05, 4.69) is 16.4 Å². The number of likely N-dealkylation sites (tertiary alicyclic amines) is 1. The zero-order valence-corrected chi connectivity index (χ0v) is 20.2. The van der Waals surface area contributed by atoms with Crippen LogP contribution in [0.3, 0.4) is 0 Å².